The van der Waals surface area contributed by atoms with Crippen LogP contribution in [-0.4, -0.2) is 11.7 Å². The molecule has 0 saturated carbocycles. The van der Waals surface area contributed by atoms with Crippen molar-refractivity contribution in [1.82, 2.24) is 5.32 Å². The van der Waals surface area contributed by atoms with E-state index in [0.29, 0.717) is 23.3 Å². The standard InChI is InChI=1S/C23H20BrFN2O2/c1-13-20(23(29)27-17-9-3-2-8-16(17)25)21(14-6-4-7-15(24)12-14)22-18(26-13)10-5-11-19(22)28/h2-4,6-9,12,21,26H,5,10-11H2,1H3,(H,27,29)/t21-/m0/s1. The van der Waals surface area contributed by atoms with Gasteiger partial charge in [-0.3, -0.25) is 9.59 Å². The maximum atomic E-state index is 14.1. The van der Waals surface area contributed by atoms with E-state index in [9.17, 15) is 14.0 Å². The molecule has 0 saturated heterocycles. The van der Waals surface area contributed by atoms with Crippen LogP contribution in [0.1, 0.15) is 37.7 Å². The van der Waals surface area contributed by atoms with Crippen molar-refractivity contribution in [3.63, 3.8) is 0 Å². The lowest BCUT2D eigenvalue weighted by Gasteiger charge is -2.34. The van der Waals surface area contributed by atoms with Crippen molar-refractivity contribution in [3.8, 4) is 0 Å². The second-order valence-corrected chi connectivity index (χ2v) is 8.17. The van der Waals surface area contributed by atoms with Crippen molar-refractivity contribution in [2.45, 2.75) is 32.1 Å². The monoisotopic (exact) mass is 454 g/mol. The molecule has 0 fully saturated rings. The van der Waals surface area contributed by atoms with Crippen molar-refractivity contribution in [2.75, 3.05) is 5.32 Å². The molecule has 2 N–H and O–H groups in total. The number of carbonyl (C=O) groups excluding carboxylic acids is 2. The Labute approximate surface area is 177 Å². The summed E-state index contributed by atoms with van der Waals surface area (Å²) < 4.78 is 15.0. The lowest BCUT2D eigenvalue weighted by molar-refractivity contribution is -0.116. The van der Waals surface area contributed by atoms with E-state index in [0.717, 1.165) is 28.6 Å². The van der Waals surface area contributed by atoms with Crippen molar-refractivity contribution in [1.29, 1.82) is 0 Å². The fourth-order valence-corrected chi connectivity index (χ4v) is 4.47. The van der Waals surface area contributed by atoms with Gasteiger partial charge in [0.1, 0.15) is 5.82 Å². The summed E-state index contributed by atoms with van der Waals surface area (Å²) in [5.74, 6) is -1.37. The number of amides is 1. The van der Waals surface area contributed by atoms with Gasteiger partial charge in [-0.1, -0.05) is 40.2 Å². The summed E-state index contributed by atoms with van der Waals surface area (Å²) in [6, 6.07) is 13.7. The zero-order valence-corrected chi connectivity index (χ0v) is 17.5. The minimum atomic E-state index is -0.504. The van der Waals surface area contributed by atoms with Crippen LogP contribution in [0.4, 0.5) is 10.1 Å². The van der Waals surface area contributed by atoms with Crippen LogP contribution in [0.5, 0.6) is 0 Å². The number of benzene rings is 2. The van der Waals surface area contributed by atoms with Gasteiger partial charge in [0.25, 0.3) is 5.91 Å². The first-order valence-corrected chi connectivity index (χ1v) is 10.3. The normalized spacial score (nSPS) is 19.0. The zero-order chi connectivity index (χ0) is 20.5. The highest BCUT2D eigenvalue weighted by molar-refractivity contribution is 9.10. The number of hydrogen-bond acceptors (Lipinski definition) is 3. The molecule has 148 valence electrons. The van der Waals surface area contributed by atoms with Crippen LogP contribution in [0, 0.1) is 5.82 Å². The number of Topliss-reactive ketones (excluding diaryl/α,β-unsaturated/α-hetero) is 1. The smallest absolute Gasteiger partial charge is 0.254 e. The Balaban J connectivity index is 1.81. The zero-order valence-electron chi connectivity index (χ0n) is 15.9. The van der Waals surface area contributed by atoms with Crippen LogP contribution in [-0.2, 0) is 9.59 Å². The Morgan fingerprint density at radius 3 is 2.72 bits per heavy atom. The SMILES string of the molecule is CC1=C(C(=O)Nc2ccccc2F)[C@H](c2cccc(Br)c2)C2=C(CCCC2=O)N1. The number of dihydropyridines is 1. The average molecular weight is 455 g/mol. The van der Waals surface area contributed by atoms with E-state index in [4.69, 9.17) is 0 Å². The van der Waals surface area contributed by atoms with E-state index in [1.165, 1.54) is 12.1 Å². The van der Waals surface area contributed by atoms with Gasteiger partial charge in [-0.05, 0) is 49.6 Å². The van der Waals surface area contributed by atoms with Gasteiger partial charge in [0, 0.05) is 39.4 Å². The van der Waals surface area contributed by atoms with Gasteiger partial charge in [0.05, 0.1) is 5.69 Å². The van der Waals surface area contributed by atoms with E-state index in [1.54, 1.807) is 12.1 Å². The van der Waals surface area contributed by atoms with Gasteiger partial charge < -0.3 is 10.6 Å². The quantitative estimate of drug-likeness (QED) is 0.670. The lowest BCUT2D eigenvalue weighted by Crippen LogP contribution is -2.35. The first-order valence-electron chi connectivity index (χ1n) is 9.51. The molecule has 2 aromatic rings. The molecule has 4 rings (SSSR count). The van der Waals surface area contributed by atoms with E-state index >= 15 is 0 Å². The average Bonchev–Trinajstić information content (AvgIpc) is 2.69. The molecule has 1 atom stereocenters. The predicted octanol–water partition coefficient (Wildman–Crippen LogP) is 5.19. The molecule has 1 aliphatic carbocycles. The molecule has 4 nitrogen and oxygen atoms in total. The molecule has 0 bridgehead atoms. The first kappa shape index (κ1) is 19.6. The van der Waals surface area contributed by atoms with Crippen LogP contribution in [0.3, 0.4) is 0 Å². The number of rotatable bonds is 3. The number of hydrogen-bond donors (Lipinski definition) is 2. The molecule has 1 heterocycles. The Morgan fingerprint density at radius 2 is 1.97 bits per heavy atom. The minimum Gasteiger partial charge on any atom is -0.362 e. The van der Waals surface area contributed by atoms with Crippen LogP contribution >= 0.6 is 15.9 Å². The molecule has 1 aliphatic heterocycles. The Bertz CT molecular complexity index is 1070. The van der Waals surface area contributed by atoms with Crippen LogP contribution in [0.15, 0.2) is 75.5 Å². The highest BCUT2D eigenvalue weighted by Gasteiger charge is 2.38. The van der Waals surface area contributed by atoms with Crippen molar-refractivity contribution in [3.05, 3.63) is 86.9 Å². The molecule has 2 aliphatic rings. The largest absolute Gasteiger partial charge is 0.362 e. The van der Waals surface area contributed by atoms with E-state index in [-0.39, 0.29) is 11.5 Å². The summed E-state index contributed by atoms with van der Waals surface area (Å²) in [5, 5.41) is 5.94. The Kier molecular flexibility index (Phi) is 5.37. The maximum Gasteiger partial charge on any atom is 0.254 e. The molecular weight excluding hydrogens is 435 g/mol. The van der Waals surface area contributed by atoms with Crippen LogP contribution in [0.2, 0.25) is 0 Å². The number of carbonyl (C=O) groups is 2. The number of allylic oxidation sites excluding steroid dienone is 3. The highest BCUT2D eigenvalue weighted by atomic mass is 79.9. The third-order valence-corrected chi connectivity index (χ3v) is 5.82. The molecule has 2 aromatic carbocycles. The summed E-state index contributed by atoms with van der Waals surface area (Å²) in [4.78, 5) is 26.1. The van der Waals surface area contributed by atoms with Gasteiger partial charge in [-0.2, -0.15) is 0 Å². The van der Waals surface area contributed by atoms with Crippen molar-refractivity contribution >= 4 is 33.3 Å². The second kappa shape index (κ2) is 7.95. The number of halogens is 2. The van der Waals surface area contributed by atoms with Gasteiger partial charge in [0.15, 0.2) is 5.78 Å². The first-order chi connectivity index (χ1) is 14.0. The molecule has 6 heteroatoms. The van der Waals surface area contributed by atoms with E-state index in [2.05, 4.69) is 26.6 Å². The predicted molar refractivity (Wildman–Crippen MR) is 114 cm³/mol. The van der Waals surface area contributed by atoms with Gasteiger partial charge >= 0.3 is 0 Å². The topological polar surface area (TPSA) is 58.2 Å². The molecule has 0 radical (unpaired) electrons. The number of ketones is 1. The Hall–Kier alpha value is -2.73. The maximum absolute atomic E-state index is 14.1. The van der Waals surface area contributed by atoms with Crippen LogP contribution in [0.25, 0.3) is 0 Å². The van der Waals surface area contributed by atoms with E-state index in [1.807, 2.05) is 31.2 Å². The molecule has 0 unspecified atom stereocenters. The third kappa shape index (κ3) is 3.77. The molecule has 0 aromatic heterocycles. The Morgan fingerprint density at radius 1 is 1.17 bits per heavy atom. The minimum absolute atomic E-state index is 0.0485. The highest BCUT2D eigenvalue weighted by Crippen LogP contribution is 2.42. The molecule has 1 amide bonds. The van der Waals surface area contributed by atoms with Gasteiger partial charge in [0.2, 0.25) is 0 Å². The fourth-order valence-electron chi connectivity index (χ4n) is 4.06. The molecular formula is C23H20BrFN2O2. The van der Waals surface area contributed by atoms with E-state index < -0.39 is 17.6 Å². The van der Waals surface area contributed by atoms with Gasteiger partial charge in [-0.25, -0.2) is 4.39 Å². The summed E-state index contributed by atoms with van der Waals surface area (Å²) >= 11 is 3.48. The summed E-state index contributed by atoms with van der Waals surface area (Å²) in [6.07, 6.45) is 2.03. The van der Waals surface area contributed by atoms with Crippen molar-refractivity contribution < 1.29 is 14.0 Å². The van der Waals surface area contributed by atoms with Crippen LogP contribution < -0.4 is 10.6 Å². The molecule has 0 spiro atoms. The molecule has 29 heavy (non-hydrogen) atoms. The van der Waals surface area contributed by atoms with Gasteiger partial charge in [-0.15, -0.1) is 0 Å². The van der Waals surface area contributed by atoms with Crippen molar-refractivity contribution in [2.24, 2.45) is 0 Å². The second-order valence-electron chi connectivity index (χ2n) is 7.25. The summed E-state index contributed by atoms with van der Waals surface area (Å²) in [5.41, 5.74) is 3.59. The number of nitrogens with one attached hydrogen (secondary N) is 2. The number of para-hydroxylation sites is 1. The number of anilines is 1. The summed E-state index contributed by atoms with van der Waals surface area (Å²) in [7, 11) is 0. The summed E-state index contributed by atoms with van der Waals surface area (Å²) in [6.45, 7) is 1.82. The fraction of sp³-hybridized carbons (Fsp3) is 0.217. The third-order valence-electron chi connectivity index (χ3n) is 5.32. The lowest BCUT2D eigenvalue weighted by atomic mass is 9.75.